The van der Waals surface area contributed by atoms with Crippen LogP contribution >= 0.6 is 11.6 Å². The average Bonchev–Trinajstić information content (AvgIpc) is 2.47. The van der Waals surface area contributed by atoms with Gasteiger partial charge in [0.15, 0.2) is 11.5 Å². The van der Waals surface area contributed by atoms with Crippen molar-refractivity contribution in [2.75, 3.05) is 12.8 Å². The molecule has 1 aromatic carbocycles. The summed E-state index contributed by atoms with van der Waals surface area (Å²) in [6.07, 6.45) is 3.34. The summed E-state index contributed by atoms with van der Waals surface area (Å²) in [6, 6.07) is 7.23. The quantitative estimate of drug-likeness (QED) is 0.892. The van der Waals surface area contributed by atoms with Crippen molar-refractivity contribution < 1.29 is 9.84 Å². The minimum atomic E-state index is -0.127. The lowest BCUT2D eigenvalue weighted by atomic mass is 9.81. The van der Waals surface area contributed by atoms with Crippen molar-refractivity contribution in [3.63, 3.8) is 0 Å². The molecule has 5 nitrogen and oxygen atoms in total. The molecule has 0 aliphatic heterocycles. The van der Waals surface area contributed by atoms with E-state index in [-0.39, 0.29) is 22.3 Å². The van der Waals surface area contributed by atoms with Crippen molar-refractivity contribution in [3.05, 3.63) is 34.5 Å². The van der Waals surface area contributed by atoms with Gasteiger partial charge in [-0.3, -0.25) is 0 Å². The van der Waals surface area contributed by atoms with Crippen LogP contribution in [0.2, 0.25) is 5.02 Å². The zero-order chi connectivity index (χ0) is 16.6. The number of benzene rings is 1. The number of aromatic hydroxyl groups is 1. The summed E-state index contributed by atoms with van der Waals surface area (Å²) < 4.78 is 5.14. The molecule has 1 saturated carbocycles. The molecule has 0 unspecified atom stereocenters. The van der Waals surface area contributed by atoms with Crippen molar-refractivity contribution in [3.8, 4) is 28.7 Å². The van der Waals surface area contributed by atoms with E-state index in [4.69, 9.17) is 22.1 Å². The van der Waals surface area contributed by atoms with Gasteiger partial charge >= 0.3 is 0 Å². The fraction of sp³-hybridized carbons (Fsp3) is 0.294. The maximum Gasteiger partial charge on any atom is 0.176 e. The molecule has 1 aromatic heterocycles. The number of nitrogens with zero attached hydrogens (tertiary/aromatic N) is 2. The molecule has 23 heavy (non-hydrogen) atoms. The normalized spacial score (nSPS) is 14.1. The molecule has 1 aliphatic carbocycles. The van der Waals surface area contributed by atoms with Gasteiger partial charge in [0, 0.05) is 17.2 Å². The summed E-state index contributed by atoms with van der Waals surface area (Å²) in [5, 5.41) is 19.5. The van der Waals surface area contributed by atoms with Crippen LogP contribution in [0.15, 0.2) is 18.2 Å². The average molecular weight is 330 g/mol. The van der Waals surface area contributed by atoms with Gasteiger partial charge in [-0.1, -0.05) is 18.0 Å². The Morgan fingerprint density at radius 2 is 2.13 bits per heavy atom. The molecule has 0 atom stereocenters. The van der Waals surface area contributed by atoms with Crippen LogP contribution in [0.25, 0.3) is 11.1 Å². The molecule has 0 spiro atoms. The lowest BCUT2D eigenvalue weighted by Crippen LogP contribution is -2.12. The Balaban J connectivity index is 2.20. The minimum Gasteiger partial charge on any atom is -0.503 e. The predicted molar refractivity (Wildman–Crippen MR) is 88.6 cm³/mol. The lowest BCUT2D eigenvalue weighted by molar-refractivity contribution is 0.374. The van der Waals surface area contributed by atoms with Crippen LogP contribution in [0, 0.1) is 11.3 Å². The number of hydrogen-bond donors (Lipinski definition) is 2. The second kappa shape index (κ2) is 5.98. The molecule has 1 heterocycles. The fourth-order valence-electron chi connectivity index (χ4n) is 2.73. The summed E-state index contributed by atoms with van der Waals surface area (Å²) in [4.78, 5) is 4.38. The highest BCUT2D eigenvalue weighted by atomic mass is 35.5. The maximum absolute atomic E-state index is 9.88. The smallest absolute Gasteiger partial charge is 0.176 e. The standard InChI is InChI=1S/C17H16ClN3O2/c1-23-15-6-10(5-13(18)16(15)22)11-7-14(9-3-2-4-9)21-17(20)12(11)8-19/h5-7,9,22H,2-4H2,1H3,(H2,20,21). The largest absolute Gasteiger partial charge is 0.503 e. The van der Waals surface area contributed by atoms with E-state index in [1.54, 1.807) is 12.1 Å². The predicted octanol–water partition coefficient (Wildman–Crippen LogP) is 3.84. The fourth-order valence-corrected chi connectivity index (χ4v) is 2.94. The Morgan fingerprint density at radius 1 is 1.39 bits per heavy atom. The molecule has 118 valence electrons. The Kier molecular flexibility index (Phi) is 4.01. The summed E-state index contributed by atoms with van der Waals surface area (Å²) in [5.74, 6) is 0.725. The Morgan fingerprint density at radius 3 is 2.70 bits per heavy atom. The van der Waals surface area contributed by atoms with E-state index in [9.17, 15) is 10.4 Å². The zero-order valence-electron chi connectivity index (χ0n) is 12.6. The highest BCUT2D eigenvalue weighted by Gasteiger charge is 2.24. The molecule has 0 radical (unpaired) electrons. The Hall–Kier alpha value is -2.45. The van der Waals surface area contributed by atoms with Crippen molar-refractivity contribution in [1.82, 2.24) is 4.98 Å². The summed E-state index contributed by atoms with van der Waals surface area (Å²) in [5.41, 5.74) is 8.49. The summed E-state index contributed by atoms with van der Waals surface area (Å²) >= 11 is 6.06. The first-order chi connectivity index (χ1) is 11.0. The number of pyridine rings is 1. The van der Waals surface area contributed by atoms with Crippen LogP contribution in [-0.4, -0.2) is 17.2 Å². The summed E-state index contributed by atoms with van der Waals surface area (Å²) in [7, 11) is 1.45. The lowest BCUT2D eigenvalue weighted by Gasteiger charge is -2.25. The molecule has 3 rings (SSSR count). The number of nitrogen functional groups attached to an aromatic ring is 1. The number of ether oxygens (including phenoxy) is 1. The first-order valence-electron chi connectivity index (χ1n) is 7.32. The van der Waals surface area contributed by atoms with E-state index < -0.39 is 0 Å². The van der Waals surface area contributed by atoms with Gasteiger partial charge in [0.25, 0.3) is 0 Å². The number of anilines is 1. The maximum atomic E-state index is 9.88. The molecular weight excluding hydrogens is 314 g/mol. The van der Waals surface area contributed by atoms with E-state index in [0.29, 0.717) is 22.6 Å². The monoisotopic (exact) mass is 329 g/mol. The number of nitrogens with two attached hydrogens (primary N) is 1. The highest BCUT2D eigenvalue weighted by Crippen LogP contribution is 2.42. The molecule has 1 fully saturated rings. The van der Waals surface area contributed by atoms with Gasteiger partial charge in [0.2, 0.25) is 0 Å². The van der Waals surface area contributed by atoms with Gasteiger partial charge in [0.1, 0.15) is 17.5 Å². The van der Waals surface area contributed by atoms with Crippen LogP contribution in [0.3, 0.4) is 0 Å². The molecule has 0 amide bonds. The molecule has 6 heteroatoms. The van der Waals surface area contributed by atoms with Gasteiger partial charge in [0.05, 0.1) is 12.1 Å². The van der Waals surface area contributed by atoms with E-state index in [0.717, 1.165) is 18.5 Å². The van der Waals surface area contributed by atoms with E-state index >= 15 is 0 Å². The molecule has 2 aromatic rings. The van der Waals surface area contributed by atoms with Crippen LogP contribution in [-0.2, 0) is 0 Å². The first-order valence-corrected chi connectivity index (χ1v) is 7.70. The number of phenols is 1. The number of hydrogen-bond acceptors (Lipinski definition) is 5. The molecule has 0 bridgehead atoms. The number of rotatable bonds is 3. The van der Waals surface area contributed by atoms with Gasteiger partial charge in [-0.25, -0.2) is 4.98 Å². The Labute approximate surface area is 139 Å². The molecular formula is C17H16ClN3O2. The van der Waals surface area contributed by atoms with E-state index in [1.165, 1.54) is 13.5 Å². The number of aromatic nitrogens is 1. The molecule has 0 saturated heterocycles. The van der Waals surface area contributed by atoms with Gasteiger partial charge in [-0.15, -0.1) is 0 Å². The number of nitriles is 1. The van der Waals surface area contributed by atoms with Gasteiger partial charge < -0.3 is 15.6 Å². The topological polar surface area (TPSA) is 92.2 Å². The highest BCUT2D eigenvalue weighted by molar-refractivity contribution is 6.32. The second-order valence-corrected chi connectivity index (χ2v) is 6.01. The Bertz CT molecular complexity index is 810. The second-order valence-electron chi connectivity index (χ2n) is 5.60. The minimum absolute atomic E-state index is 0.127. The zero-order valence-corrected chi connectivity index (χ0v) is 13.4. The van der Waals surface area contributed by atoms with Gasteiger partial charge in [-0.05, 0) is 36.6 Å². The third kappa shape index (κ3) is 2.66. The number of methoxy groups -OCH3 is 1. The van der Waals surface area contributed by atoms with Crippen molar-refractivity contribution >= 4 is 17.4 Å². The van der Waals surface area contributed by atoms with Crippen molar-refractivity contribution in [2.24, 2.45) is 0 Å². The molecule has 3 N–H and O–H groups in total. The van der Waals surface area contributed by atoms with Crippen LogP contribution in [0.1, 0.15) is 36.4 Å². The third-order valence-corrected chi connectivity index (χ3v) is 4.55. The van der Waals surface area contributed by atoms with Crippen molar-refractivity contribution in [2.45, 2.75) is 25.2 Å². The van der Waals surface area contributed by atoms with Crippen LogP contribution in [0.4, 0.5) is 5.82 Å². The first kappa shape index (κ1) is 15.4. The van der Waals surface area contributed by atoms with Crippen LogP contribution in [0.5, 0.6) is 11.5 Å². The van der Waals surface area contributed by atoms with E-state index in [2.05, 4.69) is 11.1 Å². The van der Waals surface area contributed by atoms with E-state index in [1.807, 2.05) is 6.07 Å². The summed E-state index contributed by atoms with van der Waals surface area (Å²) in [6.45, 7) is 0. The van der Waals surface area contributed by atoms with Crippen LogP contribution < -0.4 is 10.5 Å². The number of phenolic OH excluding ortho intramolecular Hbond substituents is 1. The third-order valence-electron chi connectivity index (χ3n) is 4.26. The SMILES string of the molecule is COc1cc(-c2cc(C3CCC3)nc(N)c2C#N)cc(Cl)c1O. The van der Waals surface area contributed by atoms with Crippen molar-refractivity contribution in [1.29, 1.82) is 5.26 Å². The molecule has 1 aliphatic rings. The van der Waals surface area contributed by atoms with Gasteiger partial charge in [-0.2, -0.15) is 5.26 Å². The number of halogens is 1.